The molecule has 0 amide bonds. The number of benzene rings is 1. The average molecular weight is 440 g/mol. The molecule has 0 bridgehead atoms. The van der Waals surface area contributed by atoms with Crippen LogP contribution in [0.1, 0.15) is 5.56 Å². The molecule has 0 aromatic heterocycles. The molecule has 22 heavy (non-hydrogen) atoms. The first-order chi connectivity index (χ1) is 10.0. The fourth-order valence-electron chi connectivity index (χ4n) is 1.96. The normalized spacial score (nSPS) is 16.2. The molecule has 1 aliphatic rings. The average Bonchev–Trinajstić information content (AvgIpc) is 2.54. The van der Waals surface area contributed by atoms with Gasteiger partial charge in [-0.2, -0.15) is 0 Å². The van der Waals surface area contributed by atoms with Gasteiger partial charge in [-0.25, -0.2) is 18.1 Å². The van der Waals surface area contributed by atoms with Crippen LogP contribution in [0.3, 0.4) is 0 Å². The van der Waals surface area contributed by atoms with Crippen molar-refractivity contribution in [1.29, 1.82) is 0 Å². The lowest BCUT2D eigenvalue weighted by Crippen LogP contribution is -2.44. The second-order valence-electron chi connectivity index (χ2n) is 4.63. The second kappa shape index (κ2) is 8.65. The van der Waals surface area contributed by atoms with Gasteiger partial charge in [0.25, 0.3) is 0 Å². The van der Waals surface area contributed by atoms with Gasteiger partial charge in [0.2, 0.25) is 10.0 Å². The van der Waals surface area contributed by atoms with E-state index < -0.39 is 10.0 Å². The highest BCUT2D eigenvalue weighted by Crippen LogP contribution is 2.11. The fourth-order valence-corrected chi connectivity index (χ4v) is 2.69. The molecule has 124 valence electrons. The zero-order chi connectivity index (χ0) is 15.3. The van der Waals surface area contributed by atoms with E-state index in [0.29, 0.717) is 25.7 Å². The Bertz CT molecular complexity index is 598. The Morgan fingerprint density at radius 1 is 1.32 bits per heavy atom. The standard InChI is InChI=1S/C13H20N4O3S.HI/c1-15-21(18,19)12-4-2-11(3-5-12)10-16-13(14)17-6-8-20-9-7-17;/h2-5,15H,6-10H2,1H3,(H2,14,16);1H. The van der Waals surface area contributed by atoms with Gasteiger partial charge in [0, 0.05) is 13.1 Å². The number of aliphatic imine (C=N–C) groups is 1. The van der Waals surface area contributed by atoms with Crippen LogP contribution in [0.25, 0.3) is 0 Å². The molecule has 0 unspecified atom stereocenters. The van der Waals surface area contributed by atoms with Crippen LogP contribution < -0.4 is 10.5 Å². The maximum Gasteiger partial charge on any atom is 0.240 e. The number of rotatable bonds is 4. The van der Waals surface area contributed by atoms with Crippen LogP contribution in [0.5, 0.6) is 0 Å². The van der Waals surface area contributed by atoms with Crippen molar-refractivity contribution in [3.05, 3.63) is 29.8 Å². The minimum atomic E-state index is -3.40. The number of nitrogens with two attached hydrogens (primary N) is 1. The van der Waals surface area contributed by atoms with Gasteiger partial charge in [0.05, 0.1) is 24.7 Å². The molecule has 1 aromatic rings. The molecule has 1 aromatic carbocycles. The first kappa shape index (κ1) is 19.1. The quantitative estimate of drug-likeness (QED) is 0.401. The maximum atomic E-state index is 11.6. The summed E-state index contributed by atoms with van der Waals surface area (Å²) in [5, 5.41) is 0. The minimum absolute atomic E-state index is 0. The van der Waals surface area contributed by atoms with E-state index in [1.165, 1.54) is 7.05 Å². The SMILES string of the molecule is CNS(=O)(=O)c1ccc(CN=C(N)N2CCOCC2)cc1.I. The van der Waals surface area contributed by atoms with E-state index in [2.05, 4.69) is 9.71 Å². The summed E-state index contributed by atoms with van der Waals surface area (Å²) in [7, 11) is -2.01. The van der Waals surface area contributed by atoms with Gasteiger partial charge >= 0.3 is 0 Å². The number of halogens is 1. The minimum Gasteiger partial charge on any atom is -0.378 e. The van der Waals surface area contributed by atoms with Crippen molar-refractivity contribution in [3.63, 3.8) is 0 Å². The van der Waals surface area contributed by atoms with Crippen LogP contribution in [0.2, 0.25) is 0 Å². The molecule has 3 N–H and O–H groups in total. The Morgan fingerprint density at radius 3 is 2.45 bits per heavy atom. The summed E-state index contributed by atoms with van der Waals surface area (Å²) < 4.78 is 30.7. The van der Waals surface area contributed by atoms with Crippen LogP contribution in [-0.4, -0.2) is 52.6 Å². The first-order valence-corrected chi connectivity index (χ1v) is 8.16. The third kappa shape index (κ3) is 5.07. The summed E-state index contributed by atoms with van der Waals surface area (Å²) in [5.41, 5.74) is 6.84. The Hall–Kier alpha value is -0.910. The van der Waals surface area contributed by atoms with Gasteiger partial charge in [-0.05, 0) is 24.7 Å². The van der Waals surface area contributed by atoms with Gasteiger partial charge in [0.15, 0.2) is 5.96 Å². The maximum absolute atomic E-state index is 11.6. The molecule has 1 fully saturated rings. The molecule has 0 radical (unpaired) electrons. The van der Waals surface area contributed by atoms with Crippen molar-refractivity contribution in [2.45, 2.75) is 11.4 Å². The molecule has 0 saturated carbocycles. The van der Waals surface area contributed by atoms with Crippen LogP contribution in [0.15, 0.2) is 34.2 Å². The van der Waals surface area contributed by atoms with Crippen LogP contribution in [-0.2, 0) is 21.3 Å². The lowest BCUT2D eigenvalue weighted by atomic mass is 10.2. The number of morpholine rings is 1. The van der Waals surface area contributed by atoms with Crippen LogP contribution in [0, 0.1) is 0 Å². The largest absolute Gasteiger partial charge is 0.378 e. The summed E-state index contributed by atoms with van der Waals surface area (Å²) >= 11 is 0. The van der Waals surface area contributed by atoms with Crippen molar-refractivity contribution in [2.24, 2.45) is 10.7 Å². The highest BCUT2D eigenvalue weighted by atomic mass is 127. The lowest BCUT2D eigenvalue weighted by Gasteiger charge is -2.27. The number of guanidine groups is 1. The molecule has 1 aliphatic heterocycles. The molecule has 7 nitrogen and oxygen atoms in total. The number of nitrogens with zero attached hydrogens (tertiary/aromatic N) is 2. The molecule has 0 aliphatic carbocycles. The Labute approximate surface area is 148 Å². The fraction of sp³-hybridized carbons (Fsp3) is 0.462. The molecule has 9 heteroatoms. The monoisotopic (exact) mass is 440 g/mol. The third-order valence-corrected chi connectivity index (χ3v) is 4.69. The predicted octanol–water partition coefficient (Wildman–Crippen LogP) is 0.360. The summed E-state index contributed by atoms with van der Waals surface area (Å²) in [6.07, 6.45) is 0. The highest BCUT2D eigenvalue weighted by molar-refractivity contribution is 14.0. The Kier molecular flexibility index (Phi) is 7.53. The molecule has 0 spiro atoms. The third-order valence-electron chi connectivity index (χ3n) is 3.26. The van der Waals surface area contributed by atoms with Crippen LogP contribution >= 0.6 is 24.0 Å². The van der Waals surface area contributed by atoms with E-state index in [0.717, 1.165) is 18.7 Å². The van der Waals surface area contributed by atoms with Crippen molar-refractivity contribution >= 4 is 40.0 Å². The van der Waals surface area contributed by atoms with Crippen molar-refractivity contribution in [3.8, 4) is 0 Å². The second-order valence-corrected chi connectivity index (χ2v) is 6.51. The van der Waals surface area contributed by atoms with Crippen LogP contribution in [0.4, 0.5) is 0 Å². The zero-order valence-corrected chi connectivity index (χ0v) is 15.5. The van der Waals surface area contributed by atoms with Gasteiger partial charge in [0.1, 0.15) is 0 Å². The van der Waals surface area contributed by atoms with Gasteiger partial charge in [-0.15, -0.1) is 24.0 Å². The topological polar surface area (TPSA) is 97.0 Å². The van der Waals surface area contributed by atoms with Gasteiger partial charge < -0.3 is 15.4 Å². The van der Waals surface area contributed by atoms with E-state index >= 15 is 0 Å². The highest BCUT2D eigenvalue weighted by Gasteiger charge is 2.12. The number of hydrogen-bond donors (Lipinski definition) is 2. The van der Waals surface area contributed by atoms with E-state index in [4.69, 9.17) is 10.5 Å². The van der Waals surface area contributed by atoms with Crippen molar-refractivity contribution in [1.82, 2.24) is 9.62 Å². The Morgan fingerprint density at radius 2 is 1.91 bits per heavy atom. The lowest BCUT2D eigenvalue weighted by molar-refractivity contribution is 0.0674. The van der Waals surface area contributed by atoms with Gasteiger partial charge in [-0.1, -0.05) is 12.1 Å². The smallest absolute Gasteiger partial charge is 0.240 e. The zero-order valence-electron chi connectivity index (χ0n) is 12.4. The molecule has 1 heterocycles. The number of nitrogens with one attached hydrogen (secondary N) is 1. The first-order valence-electron chi connectivity index (χ1n) is 6.68. The summed E-state index contributed by atoms with van der Waals surface area (Å²) in [5.74, 6) is 0.491. The summed E-state index contributed by atoms with van der Waals surface area (Å²) in [6, 6.07) is 6.59. The van der Waals surface area contributed by atoms with Crippen molar-refractivity contribution < 1.29 is 13.2 Å². The molecular formula is C13H21IN4O3S. The number of ether oxygens (including phenoxy) is 1. The summed E-state index contributed by atoms with van der Waals surface area (Å²) in [6.45, 7) is 3.23. The van der Waals surface area contributed by atoms with E-state index in [9.17, 15) is 8.42 Å². The number of hydrogen-bond acceptors (Lipinski definition) is 4. The van der Waals surface area contributed by atoms with E-state index in [1.54, 1.807) is 24.3 Å². The van der Waals surface area contributed by atoms with Gasteiger partial charge in [-0.3, -0.25) is 0 Å². The predicted molar refractivity (Wildman–Crippen MR) is 95.8 cm³/mol. The number of sulfonamides is 1. The van der Waals surface area contributed by atoms with E-state index in [1.807, 2.05) is 4.90 Å². The molecule has 1 saturated heterocycles. The molecule has 2 rings (SSSR count). The molecule has 0 atom stereocenters. The summed E-state index contributed by atoms with van der Waals surface area (Å²) in [4.78, 5) is 6.54. The van der Waals surface area contributed by atoms with E-state index in [-0.39, 0.29) is 28.9 Å². The molecular weight excluding hydrogens is 419 g/mol. The van der Waals surface area contributed by atoms with Crippen molar-refractivity contribution in [2.75, 3.05) is 33.4 Å². The Balaban J connectivity index is 0.00000242.